The fourth-order valence-electron chi connectivity index (χ4n) is 2.18. The van der Waals surface area contributed by atoms with E-state index in [9.17, 15) is 9.59 Å². The average molecular weight is 383 g/mol. The molecule has 2 aromatic heterocycles. The number of nitrogens with one attached hydrogen (secondary N) is 2. The van der Waals surface area contributed by atoms with Crippen molar-refractivity contribution in [1.29, 1.82) is 0 Å². The number of hydrogen-bond donors (Lipinski definition) is 2. The van der Waals surface area contributed by atoms with E-state index in [0.717, 1.165) is 0 Å². The van der Waals surface area contributed by atoms with Crippen LogP contribution >= 0.6 is 11.8 Å². The molecule has 9 nitrogen and oxygen atoms in total. The second-order valence-corrected chi connectivity index (χ2v) is 6.56. The fourth-order valence-corrected chi connectivity index (χ4v) is 2.97. The summed E-state index contributed by atoms with van der Waals surface area (Å²) >= 11 is 1.41. The summed E-state index contributed by atoms with van der Waals surface area (Å²) in [4.78, 5) is 28.2. The molecule has 0 aliphatic heterocycles. The zero-order valence-corrected chi connectivity index (χ0v) is 15.3. The van der Waals surface area contributed by atoms with Gasteiger partial charge in [0, 0.05) is 48.6 Å². The molecule has 10 heteroatoms. The Morgan fingerprint density at radius 1 is 1.11 bits per heavy atom. The molecule has 0 spiro atoms. The second-order valence-electron chi connectivity index (χ2n) is 5.50. The van der Waals surface area contributed by atoms with Crippen LogP contribution in [0, 0.1) is 0 Å². The van der Waals surface area contributed by atoms with Gasteiger partial charge in [0.25, 0.3) is 5.91 Å². The minimum atomic E-state index is -0.241. The summed E-state index contributed by atoms with van der Waals surface area (Å²) in [6.45, 7) is 0. The Kier molecular flexibility index (Phi) is 6.10. The summed E-state index contributed by atoms with van der Waals surface area (Å²) in [6, 6.07) is 10.2. The number of hydrogen-bond acceptors (Lipinski definition) is 7. The lowest BCUT2D eigenvalue weighted by Gasteiger charge is -2.09. The summed E-state index contributed by atoms with van der Waals surface area (Å²) < 4.78 is 1.55. The molecule has 0 radical (unpaired) electrons. The Hall–Kier alpha value is -3.27. The molecule has 0 aliphatic carbocycles. The highest BCUT2D eigenvalue weighted by Crippen LogP contribution is 2.18. The monoisotopic (exact) mass is 383 g/mol. The van der Waals surface area contributed by atoms with Gasteiger partial charge >= 0.3 is 0 Å². The van der Waals surface area contributed by atoms with E-state index in [1.54, 1.807) is 60.5 Å². The number of benzene rings is 1. The van der Waals surface area contributed by atoms with Crippen LogP contribution in [0.5, 0.6) is 0 Å². The zero-order chi connectivity index (χ0) is 19.1. The van der Waals surface area contributed by atoms with Crippen LogP contribution < -0.4 is 10.6 Å². The third kappa shape index (κ3) is 5.35. The van der Waals surface area contributed by atoms with E-state index in [4.69, 9.17) is 0 Å². The number of carbonyl (C=O) groups is 2. The molecule has 138 valence electrons. The molecule has 2 N–H and O–H groups in total. The lowest BCUT2D eigenvalue weighted by atomic mass is 10.2. The number of amides is 2. The highest BCUT2D eigenvalue weighted by molar-refractivity contribution is 7.99. The predicted molar refractivity (Wildman–Crippen MR) is 101 cm³/mol. The zero-order valence-electron chi connectivity index (χ0n) is 14.5. The van der Waals surface area contributed by atoms with E-state index in [1.165, 1.54) is 11.8 Å². The minimum Gasteiger partial charge on any atom is -0.326 e. The van der Waals surface area contributed by atoms with Crippen molar-refractivity contribution in [2.24, 2.45) is 7.05 Å². The van der Waals surface area contributed by atoms with E-state index >= 15 is 0 Å². The van der Waals surface area contributed by atoms with Gasteiger partial charge in [0.1, 0.15) is 0 Å². The van der Waals surface area contributed by atoms with Crippen molar-refractivity contribution in [1.82, 2.24) is 25.2 Å². The molecule has 0 saturated heterocycles. The van der Waals surface area contributed by atoms with Gasteiger partial charge in [-0.05, 0) is 40.8 Å². The van der Waals surface area contributed by atoms with Gasteiger partial charge in [-0.3, -0.25) is 14.6 Å². The van der Waals surface area contributed by atoms with E-state index < -0.39 is 0 Å². The highest BCUT2D eigenvalue weighted by atomic mass is 32.2. The molecule has 3 rings (SSSR count). The van der Waals surface area contributed by atoms with Crippen LogP contribution in [0.3, 0.4) is 0 Å². The van der Waals surface area contributed by atoms with Gasteiger partial charge in [-0.1, -0.05) is 17.8 Å². The van der Waals surface area contributed by atoms with Crippen molar-refractivity contribution in [3.63, 3.8) is 0 Å². The first-order valence-electron chi connectivity index (χ1n) is 8.08. The summed E-state index contributed by atoms with van der Waals surface area (Å²) in [7, 11) is 1.74. The van der Waals surface area contributed by atoms with Gasteiger partial charge in [-0.2, -0.15) is 0 Å². The Bertz CT molecular complexity index is 930. The van der Waals surface area contributed by atoms with Gasteiger partial charge in [-0.15, -0.1) is 5.10 Å². The smallest absolute Gasteiger partial charge is 0.255 e. The first-order chi connectivity index (χ1) is 13.1. The van der Waals surface area contributed by atoms with Gasteiger partial charge in [0.15, 0.2) is 0 Å². The molecule has 3 aromatic rings. The first kappa shape index (κ1) is 18.5. The number of aromatic nitrogens is 5. The van der Waals surface area contributed by atoms with Crippen LogP contribution in [-0.4, -0.2) is 42.8 Å². The second kappa shape index (κ2) is 8.90. The fraction of sp³-hybridized carbons (Fsp3) is 0.176. The van der Waals surface area contributed by atoms with Crippen LogP contribution in [-0.2, 0) is 11.8 Å². The summed E-state index contributed by atoms with van der Waals surface area (Å²) in [6.07, 6.45) is 3.42. The van der Waals surface area contributed by atoms with Crippen molar-refractivity contribution in [3.8, 4) is 0 Å². The van der Waals surface area contributed by atoms with E-state index in [-0.39, 0.29) is 11.8 Å². The van der Waals surface area contributed by atoms with Gasteiger partial charge < -0.3 is 10.6 Å². The normalized spacial score (nSPS) is 10.4. The molecule has 0 atom stereocenters. The molecule has 2 heterocycles. The van der Waals surface area contributed by atoms with Crippen LogP contribution in [0.15, 0.2) is 53.9 Å². The number of tetrazole rings is 1. The van der Waals surface area contributed by atoms with Gasteiger partial charge in [0.05, 0.1) is 0 Å². The van der Waals surface area contributed by atoms with Crippen LogP contribution in [0.2, 0.25) is 0 Å². The number of carbonyl (C=O) groups excluding carboxylic acids is 2. The Balaban J connectivity index is 1.51. The molecule has 0 saturated carbocycles. The first-order valence-corrected chi connectivity index (χ1v) is 9.07. The lowest BCUT2D eigenvalue weighted by Crippen LogP contribution is -2.14. The number of rotatable bonds is 7. The van der Waals surface area contributed by atoms with Crippen molar-refractivity contribution < 1.29 is 9.59 Å². The minimum absolute atomic E-state index is 0.129. The average Bonchev–Trinajstić information content (AvgIpc) is 3.07. The Morgan fingerprint density at radius 2 is 1.85 bits per heavy atom. The molecule has 27 heavy (non-hydrogen) atoms. The van der Waals surface area contributed by atoms with Crippen LogP contribution in [0.1, 0.15) is 16.8 Å². The summed E-state index contributed by atoms with van der Waals surface area (Å²) in [5.41, 5.74) is 1.71. The van der Waals surface area contributed by atoms with Crippen molar-refractivity contribution in [3.05, 3.63) is 54.4 Å². The van der Waals surface area contributed by atoms with Crippen molar-refractivity contribution in [2.75, 3.05) is 16.4 Å². The van der Waals surface area contributed by atoms with E-state index in [0.29, 0.717) is 34.3 Å². The third-order valence-corrected chi connectivity index (χ3v) is 4.50. The van der Waals surface area contributed by atoms with Gasteiger partial charge in [-0.25, -0.2) is 4.68 Å². The number of nitrogens with zero attached hydrogens (tertiary/aromatic N) is 5. The molecule has 1 aromatic carbocycles. The summed E-state index contributed by atoms with van der Waals surface area (Å²) in [5, 5.41) is 17.4. The quantitative estimate of drug-likeness (QED) is 0.600. The highest BCUT2D eigenvalue weighted by Gasteiger charge is 2.08. The van der Waals surface area contributed by atoms with E-state index in [2.05, 4.69) is 31.1 Å². The Morgan fingerprint density at radius 3 is 2.56 bits per heavy atom. The molecule has 0 unspecified atom stereocenters. The lowest BCUT2D eigenvalue weighted by molar-refractivity contribution is -0.115. The maximum atomic E-state index is 12.2. The molecule has 0 fully saturated rings. The number of thioether (sulfide) groups is 1. The van der Waals surface area contributed by atoms with Crippen LogP contribution in [0.25, 0.3) is 0 Å². The topological polar surface area (TPSA) is 115 Å². The summed E-state index contributed by atoms with van der Waals surface area (Å²) in [5.74, 6) is 0.184. The molecule has 0 aliphatic rings. The molecule has 2 amide bonds. The maximum Gasteiger partial charge on any atom is 0.255 e. The largest absolute Gasteiger partial charge is 0.326 e. The molecular weight excluding hydrogens is 366 g/mol. The number of anilines is 2. The molecular formula is C17H17N7O2S. The van der Waals surface area contributed by atoms with E-state index in [1.807, 2.05) is 0 Å². The molecule has 0 bridgehead atoms. The number of pyridine rings is 1. The standard InChI is InChI=1S/C17H17N7O2S/c1-24-17(21-22-23-24)27-10-7-15(25)19-13-3-2-4-14(11-13)20-16(26)12-5-8-18-9-6-12/h2-6,8-9,11H,7,10H2,1H3,(H,19,25)(H,20,26). The van der Waals surface area contributed by atoms with Crippen molar-refractivity contribution >= 4 is 35.0 Å². The maximum absolute atomic E-state index is 12.2. The van der Waals surface area contributed by atoms with Gasteiger partial charge in [0.2, 0.25) is 11.1 Å². The van der Waals surface area contributed by atoms with Crippen LogP contribution in [0.4, 0.5) is 11.4 Å². The van der Waals surface area contributed by atoms with Crippen molar-refractivity contribution in [2.45, 2.75) is 11.6 Å². The third-order valence-electron chi connectivity index (χ3n) is 3.49. The predicted octanol–water partition coefficient (Wildman–Crippen LogP) is 1.98. The SMILES string of the molecule is Cn1nnnc1SCCC(=O)Nc1cccc(NC(=O)c2ccncc2)c1. The number of aryl methyl sites for hydroxylation is 1. The Labute approximate surface area is 159 Å².